The van der Waals surface area contributed by atoms with Crippen molar-refractivity contribution in [2.75, 3.05) is 14.1 Å². The maximum Gasteiger partial charge on any atom is 0.255 e. The summed E-state index contributed by atoms with van der Waals surface area (Å²) in [6.45, 7) is 2.85. The lowest BCUT2D eigenvalue weighted by molar-refractivity contribution is -0.136. The molecule has 1 aromatic rings. The molecule has 5 atom stereocenters. The predicted octanol–water partition coefficient (Wildman–Crippen LogP) is 0.943. The van der Waals surface area contributed by atoms with E-state index in [9.17, 15) is 34.8 Å². The molecule has 0 fully saturated rings. The minimum absolute atomic E-state index is 0.0222. The lowest BCUT2D eigenvalue weighted by Crippen LogP contribution is -2.63. The van der Waals surface area contributed by atoms with Crippen molar-refractivity contribution >= 4 is 29.1 Å². The molecule has 0 heterocycles. The minimum atomic E-state index is -2.27. The van der Waals surface area contributed by atoms with Crippen LogP contribution in [0.4, 0.5) is 0 Å². The van der Waals surface area contributed by atoms with Crippen LogP contribution < -0.4 is 5.73 Å². The highest BCUT2D eigenvalue weighted by molar-refractivity contribution is 6.33. The van der Waals surface area contributed by atoms with Crippen molar-refractivity contribution in [2.45, 2.75) is 37.5 Å². The summed E-state index contributed by atoms with van der Waals surface area (Å²) in [5.74, 6) is -5.87. The van der Waals surface area contributed by atoms with Crippen molar-refractivity contribution in [3.8, 4) is 5.75 Å². The fourth-order valence-electron chi connectivity index (χ4n) is 5.91. The summed E-state index contributed by atoms with van der Waals surface area (Å²) >= 11 is 6.33. The fraction of sp³-hybridized carbons (Fsp3) is 0.435. The molecule has 1 aromatic carbocycles. The average Bonchev–Trinajstić information content (AvgIpc) is 2.69. The molecule has 3 aliphatic carbocycles. The largest absolute Gasteiger partial charge is 0.508 e. The number of nitrogens with two attached hydrogens (primary N) is 1. The van der Waals surface area contributed by atoms with Crippen LogP contribution in [0.1, 0.15) is 36.2 Å². The Kier molecular flexibility index (Phi) is 5.07. The quantitative estimate of drug-likeness (QED) is 0.394. The molecule has 9 nitrogen and oxygen atoms in total. The first-order valence-corrected chi connectivity index (χ1v) is 10.7. The fourth-order valence-corrected chi connectivity index (χ4v) is 6.26. The van der Waals surface area contributed by atoms with Crippen LogP contribution in [0.2, 0.25) is 5.02 Å². The summed E-state index contributed by atoms with van der Waals surface area (Å²) in [6, 6.07) is 1.53. The lowest BCUT2D eigenvalue weighted by Gasteiger charge is -2.54. The number of carbonyl (C=O) groups excluding carboxylic acids is 3. The van der Waals surface area contributed by atoms with Crippen molar-refractivity contribution in [3.63, 3.8) is 0 Å². The Labute approximate surface area is 194 Å². The number of halogens is 1. The molecule has 0 bridgehead atoms. The highest BCUT2D eigenvalue weighted by Gasteiger charge is 2.63. The number of nitrogens with zero attached hydrogens (tertiary/aromatic N) is 1. The van der Waals surface area contributed by atoms with Crippen molar-refractivity contribution in [1.82, 2.24) is 4.90 Å². The number of carbonyl (C=O) groups is 3. The maximum atomic E-state index is 13.6. The SMILES string of the molecule is CC1=C2C(=O)c3c(O)ccc(Cl)c3[C@@](C)(O)[C@H]2C[C@H]2[C@H](N(C)C)C(=O)C(C(N)=O)=C(O)[C@@]12O. The van der Waals surface area contributed by atoms with Gasteiger partial charge in [0.15, 0.2) is 11.6 Å². The van der Waals surface area contributed by atoms with Gasteiger partial charge in [-0.25, -0.2) is 0 Å². The number of rotatable bonds is 2. The Morgan fingerprint density at radius 1 is 1.21 bits per heavy atom. The van der Waals surface area contributed by atoms with Crippen molar-refractivity contribution in [3.05, 3.63) is 50.8 Å². The van der Waals surface area contributed by atoms with Gasteiger partial charge in [-0.1, -0.05) is 11.6 Å². The van der Waals surface area contributed by atoms with E-state index in [0.717, 1.165) is 0 Å². The second-order valence-corrected chi connectivity index (χ2v) is 9.76. The number of benzene rings is 1. The highest BCUT2D eigenvalue weighted by Crippen LogP contribution is 2.58. The van der Waals surface area contributed by atoms with E-state index in [2.05, 4.69) is 0 Å². The molecule has 0 spiro atoms. The Hall–Kier alpha value is -2.72. The highest BCUT2D eigenvalue weighted by atomic mass is 35.5. The van der Waals surface area contributed by atoms with Crippen LogP contribution >= 0.6 is 11.6 Å². The Bertz CT molecular complexity index is 1200. The normalized spacial score (nSPS) is 33.8. The lowest BCUT2D eigenvalue weighted by atomic mass is 9.54. The monoisotopic (exact) mass is 476 g/mol. The first-order chi connectivity index (χ1) is 15.2. The number of aliphatic hydroxyl groups excluding tert-OH is 1. The van der Waals surface area contributed by atoms with Gasteiger partial charge < -0.3 is 26.2 Å². The topological polar surface area (TPSA) is 161 Å². The third kappa shape index (κ3) is 2.80. The Balaban J connectivity index is 2.10. The van der Waals surface area contributed by atoms with Crippen LogP contribution in [-0.4, -0.2) is 68.5 Å². The summed E-state index contributed by atoms with van der Waals surface area (Å²) in [4.78, 5) is 40.3. The molecule has 10 heteroatoms. The molecule has 4 rings (SSSR count). The summed E-state index contributed by atoms with van der Waals surface area (Å²) < 4.78 is 0. The molecule has 6 N–H and O–H groups in total. The van der Waals surface area contributed by atoms with E-state index in [0.29, 0.717) is 0 Å². The van der Waals surface area contributed by atoms with Crippen LogP contribution in [0, 0.1) is 11.8 Å². The van der Waals surface area contributed by atoms with Crippen molar-refractivity contribution in [1.29, 1.82) is 0 Å². The van der Waals surface area contributed by atoms with Gasteiger partial charge in [0.1, 0.15) is 22.7 Å². The minimum Gasteiger partial charge on any atom is -0.508 e. The smallest absolute Gasteiger partial charge is 0.255 e. The van der Waals surface area contributed by atoms with Crippen LogP contribution in [-0.2, 0) is 15.2 Å². The van der Waals surface area contributed by atoms with Gasteiger partial charge in [-0.3, -0.25) is 19.3 Å². The molecule has 0 aliphatic heterocycles. The first-order valence-electron chi connectivity index (χ1n) is 10.4. The molecule has 1 amide bonds. The number of likely N-dealkylation sites (N-methyl/N-ethyl adjacent to an activating group) is 1. The summed E-state index contributed by atoms with van der Waals surface area (Å²) in [7, 11) is 3.15. The zero-order valence-electron chi connectivity index (χ0n) is 18.5. The average molecular weight is 477 g/mol. The van der Waals surface area contributed by atoms with Gasteiger partial charge in [0.25, 0.3) is 5.91 Å². The number of fused-ring (bicyclic) bond motifs is 3. The van der Waals surface area contributed by atoms with Gasteiger partial charge in [-0.05, 0) is 52.1 Å². The van der Waals surface area contributed by atoms with Crippen LogP contribution in [0.25, 0.3) is 0 Å². The molecule has 3 aliphatic rings. The van der Waals surface area contributed by atoms with E-state index in [1.165, 1.54) is 30.9 Å². The molecular weight excluding hydrogens is 452 g/mol. The number of amides is 1. The molecule has 0 radical (unpaired) electrons. The summed E-state index contributed by atoms with van der Waals surface area (Å²) in [6.07, 6.45) is -0.0992. The van der Waals surface area contributed by atoms with Gasteiger partial charge in [0.05, 0.1) is 17.2 Å². The summed E-state index contributed by atoms with van der Waals surface area (Å²) in [5.41, 5.74) is 0.417. The zero-order chi connectivity index (χ0) is 24.8. The van der Waals surface area contributed by atoms with E-state index >= 15 is 0 Å². The van der Waals surface area contributed by atoms with Gasteiger partial charge >= 0.3 is 0 Å². The molecule has 0 saturated carbocycles. The van der Waals surface area contributed by atoms with Crippen molar-refractivity contribution < 1.29 is 34.8 Å². The number of ketones is 2. The molecule has 33 heavy (non-hydrogen) atoms. The number of aliphatic hydroxyl groups is 3. The van der Waals surface area contributed by atoms with Gasteiger partial charge in [-0.2, -0.15) is 0 Å². The molecule has 0 unspecified atom stereocenters. The van der Waals surface area contributed by atoms with E-state index in [4.69, 9.17) is 17.3 Å². The van der Waals surface area contributed by atoms with Gasteiger partial charge in [0, 0.05) is 28.0 Å². The summed E-state index contributed by atoms with van der Waals surface area (Å²) in [5, 5.41) is 44.9. The zero-order valence-corrected chi connectivity index (χ0v) is 19.3. The number of primary amides is 1. The Morgan fingerprint density at radius 2 is 1.82 bits per heavy atom. The maximum absolute atomic E-state index is 13.6. The third-order valence-electron chi connectivity index (χ3n) is 7.44. The number of phenols is 1. The van der Waals surface area contributed by atoms with E-state index in [-0.39, 0.29) is 33.7 Å². The second-order valence-electron chi connectivity index (χ2n) is 9.35. The Morgan fingerprint density at radius 3 is 2.36 bits per heavy atom. The second kappa shape index (κ2) is 7.14. The molecule has 0 aromatic heterocycles. The number of hydrogen-bond acceptors (Lipinski definition) is 8. The van der Waals surface area contributed by atoms with Crippen LogP contribution in [0.5, 0.6) is 5.75 Å². The van der Waals surface area contributed by atoms with Gasteiger partial charge in [-0.15, -0.1) is 0 Å². The first kappa shape index (κ1) is 23.4. The van der Waals surface area contributed by atoms with Crippen LogP contribution in [0.15, 0.2) is 34.6 Å². The molecular formula is C23H25ClN2O7. The van der Waals surface area contributed by atoms with E-state index in [1.54, 1.807) is 14.1 Å². The van der Waals surface area contributed by atoms with E-state index < -0.39 is 63.6 Å². The standard InChI is InChI=1S/C23H25ClN2O7/c1-8-13-9(22(2,32)16-11(24)5-6-12(27)14(16)18(13)28)7-10-17(26(3)4)19(29)15(21(25)31)20(30)23(8,10)33/h5-6,9-10,17,27,30,32-33H,7H2,1-4H3,(H2,25,31)/t9-,10-,17-,22-,23+/m0/s1. The number of Topliss-reactive ketones (excluding diaryl/α,β-unsaturated/α-hetero) is 2. The molecule has 176 valence electrons. The predicted molar refractivity (Wildman–Crippen MR) is 118 cm³/mol. The van der Waals surface area contributed by atoms with Crippen molar-refractivity contribution in [2.24, 2.45) is 17.6 Å². The molecule has 0 saturated heterocycles. The van der Waals surface area contributed by atoms with Crippen LogP contribution in [0.3, 0.4) is 0 Å². The third-order valence-corrected chi connectivity index (χ3v) is 7.75. The number of hydrogen-bond donors (Lipinski definition) is 5. The van der Waals surface area contributed by atoms with Gasteiger partial charge in [0.2, 0.25) is 0 Å². The van der Waals surface area contributed by atoms with E-state index in [1.807, 2.05) is 0 Å². The number of phenolic OH excluding ortho intramolecular Hbond substituents is 1. The number of aromatic hydroxyl groups is 1.